The lowest BCUT2D eigenvalue weighted by Gasteiger charge is -2.13. The highest BCUT2D eigenvalue weighted by Gasteiger charge is 2.24. The molecule has 0 amide bonds. The van der Waals surface area contributed by atoms with E-state index < -0.39 is 0 Å². The van der Waals surface area contributed by atoms with Crippen LogP contribution in [0, 0.1) is 0 Å². The number of fused-ring (bicyclic) bond motifs is 18. The van der Waals surface area contributed by atoms with E-state index >= 15 is 0 Å². The van der Waals surface area contributed by atoms with Crippen LogP contribution in [0.3, 0.4) is 0 Å². The first-order valence-electron chi connectivity index (χ1n) is 42.5. The van der Waals surface area contributed by atoms with E-state index in [9.17, 15) is 0 Å². The Labute approximate surface area is 722 Å². The van der Waals surface area contributed by atoms with Gasteiger partial charge in [0.15, 0.2) is 11.6 Å². The van der Waals surface area contributed by atoms with Gasteiger partial charge in [-0.25, -0.2) is 19.9 Å². The molecule has 8 heterocycles. The summed E-state index contributed by atoms with van der Waals surface area (Å²) in [7, 11) is 0. The van der Waals surface area contributed by atoms with Crippen molar-refractivity contribution in [2.75, 3.05) is 0 Å². The van der Waals surface area contributed by atoms with Crippen LogP contribution in [0.25, 0.3) is 249 Å². The Morgan fingerprint density at radius 3 is 0.952 bits per heavy atom. The maximum atomic E-state index is 6.32. The molecule has 0 radical (unpaired) electrons. The molecule has 0 unspecified atom stereocenters. The molecule has 0 aliphatic carbocycles. The summed E-state index contributed by atoms with van der Waals surface area (Å²) in [5.74, 6) is 1.33. The number of benzene rings is 18. The first-order valence-corrected chi connectivity index (χ1v) is 42.5. The largest absolute Gasteiger partial charge is 0.456 e. The van der Waals surface area contributed by atoms with Gasteiger partial charge >= 0.3 is 0 Å². The van der Waals surface area contributed by atoms with Gasteiger partial charge in [-0.05, 0) is 179 Å². The Morgan fingerprint density at radius 1 is 0.159 bits per heavy atom. The van der Waals surface area contributed by atoms with Crippen LogP contribution in [0.5, 0.6) is 0 Å². The summed E-state index contributed by atoms with van der Waals surface area (Å²) in [6.45, 7) is 0. The molecule has 126 heavy (non-hydrogen) atoms. The highest BCUT2D eigenvalue weighted by molar-refractivity contribution is 6.17. The van der Waals surface area contributed by atoms with Crippen LogP contribution in [-0.4, -0.2) is 33.6 Å². The molecule has 0 saturated heterocycles. The van der Waals surface area contributed by atoms with Gasteiger partial charge in [0.25, 0.3) is 0 Å². The Kier molecular flexibility index (Phi) is 16.7. The Balaban J connectivity index is 0.000000140. The minimum absolute atomic E-state index is 0.654. The second kappa shape index (κ2) is 29.4. The van der Waals surface area contributed by atoms with Gasteiger partial charge in [-0.2, -0.15) is 0 Å². The molecule has 26 rings (SSSR count). The van der Waals surface area contributed by atoms with Crippen molar-refractivity contribution in [1.82, 2.24) is 33.6 Å². The summed E-state index contributed by atoms with van der Waals surface area (Å²) < 4.78 is 25.9. The van der Waals surface area contributed by atoms with Gasteiger partial charge in [0.05, 0.1) is 55.9 Å². The van der Waals surface area contributed by atoms with Crippen molar-refractivity contribution in [3.05, 3.63) is 431 Å². The third kappa shape index (κ3) is 12.1. The molecule has 26 aromatic rings. The third-order valence-electron chi connectivity index (χ3n) is 24.9. The molecule has 0 aliphatic heterocycles. The third-order valence-corrected chi connectivity index (χ3v) is 24.9. The topological polar surface area (TPSA) is 106 Å². The lowest BCUT2D eigenvalue weighted by molar-refractivity contribution is 0.668. The van der Waals surface area contributed by atoms with Gasteiger partial charge in [-0.1, -0.05) is 285 Å². The Hall–Kier alpha value is -17.1. The summed E-state index contributed by atoms with van der Waals surface area (Å²) in [6, 6.07) is 152. The predicted octanol–water partition coefficient (Wildman–Crippen LogP) is 30.9. The number of hydrogen-bond donors (Lipinski definition) is 0. The number of para-hydroxylation sites is 6. The zero-order chi connectivity index (χ0) is 82.9. The molecule has 0 fully saturated rings. The number of hydrogen-bond acceptors (Lipinski definition) is 7. The van der Waals surface area contributed by atoms with Crippen LogP contribution in [0.2, 0.25) is 0 Å². The normalized spacial score (nSPS) is 11.8. The summed E-state index contributed by atoms with van der Waals surface area (Å²) in [5.41, 5.74) is 31.7. The average Bonchev–Trinajstić information content (AvgIpc) is 1.58. The second-order valence-corrected chi connectivity index (χ2v) is 32.3. The van der Waals surface area contributed by atoms with Gasteiger partial charge in [0.1, 0.15) is 33.5 Å². The van der Waals surface area contributed by atoms with E-state index in [-0.39, 0.29) is 0 Å². The summed E-state index contributed by atoms with van der Waals surface area (Å²) in [4.78, 5) is 21.0. The van der Waals surface area contributed by atoms with Crippen LogP contribution in [0.1, 0.15) is 0 Å². The zero-order valence-corrected chi connectivity index (χ0v) is 67.8. The van der Waals surface area contributed by atoms with Crippen molar-refractivity contribution in [3.8, 4) is 118 Å². The molecule has 10 heteroatoms. The van der Waals surface area contributed by atoms with E-state index in [4.69, 9.17) is 33.2 Å². The maximum absolute atomic E-state index is 6.32. The summed E-state index contributed by atoms with van der Waals surface area (Å²) in [6.07, 6.45) is 0. The number of rotatable bonds is 12. The van der Waals surface area contributed by atoms with E-state index in [0.29, 0.717) is 11.6 Å². The van der Waals surface area contributed by atoms with E-state index in [0.717, 1.165) is 172 Å². The van der Waals surface area contributed by atoms with E-state index in [1.54, 1.807) is 0 Å². The SMILES string of the molecule is c1ccc(-c2cccc(-n3c4ccccc4c4cc(-c5ccc6c(c5)c5ccccc5n6-c5cccc(-c6nc(-c7ccccc7)cc(-c7cccc8oc9ccccc9c78)n6)c5)ccc43)c2)cc1.c1ccc(-c2nc(-c3cccc(-n4c5ccccc5c5cc(-c6ccc7oc8ccccc8c7c6)ccc54)c3)cc(-c3cccc4oc5ccccc5c34)n2)cc1. The smallest absolute Gasteiger partial charge is 0.160 e. The average molecular weight is 1610 g/mol. The quantitative estimate of drug-likeness (QED) is 0.120. The van der Waals surface area contributed by atoms with Crippen LogP contribution in [0.4, 0.5) is 0 Å². The first kappa shape index (κ1) is 71.8. The molecule has 10 nitrogen and oxygen atoms in total. The van der Waals surface area contributed by atoms with Crippen molar-refractivity contribution in [2.24, 2.45) is 0 Å². The van der Waals surface area contributed by atoms with Crippen LogP contribution < -0.4 is 0 Å². The van der Waals surface area contributed by atoms with Gasteiger partial charge in [0, 0.05) is 115 Å². The molecule has 8 aromatic heterocycles. The fourth-order valence-electron chi connectivity index (χ4n) is 19.1. The molecular weight excluding hydrogens is 1540 g/mol. The second-order valence-electron chi connectivity index (χ2n) is 32.3. The van der Waals surface area contributed by atoms with Crippen molar-refractivity contribution < 1.29 is 13.3 Å². The number of furan rings is 3. The first-order chi connectivity index (χ1) is 62.4. The highest BCUT2D eigenvalue weighted by Crippen LogP contribution is 2.46. The lowest BCUT2D eigenvalue weighted by Crippen LogP contribution is -1.98. The molecule has 0 saturated carbocycles. The Bertz CT molecular complexity index is 8870. The van der Waals surface area contributed by atoms with Crippen LogP contribution in [-0.2, 0) is 0 Å². The number of nitrogens with zero attached hydrogens (tertiary/aromatic N) is 7. The van der Waals surface area contributed by atoms with Crippen molar-refractivity contribution in [3.63, 3.8) is 0 Å². The molecular formula is C116H71N7O3. The summed E-state index contributed by atoms with van der Waals surface area (Å²) in [5, 5.41) is 13.7. The van der Waals surface area contributed by atoms with Crippen molar-refractivity contribution in [1.29, 1.82) is 0 Å². The van der Waals surface area contributed by atoms with Gasteiger partial charge in [0.2, 0.25) is 0 Å². The number of aromatic nitrogens is 7. The monoisotopic (exact) mass is 1610 g/mol. The standard InChI is InChI=1S/C64H40N4O.C52H31N3O2/c1-3-16-41(17-4-1)43-20-13-22-47(36-43)67-57-28-10-7-24-49(57)53-38-44(32-34-59(53)67)45-33-35-60-54(39-45)50-25-8-11-29-58(50)68(60)48-23-14-21-46(37-48)64-65-55(42-18-5-2-6-19-42)40-56(66-64)51-27-15-31-62-63(51)52-26-9-12-30-61(52)69-62;1-2-12-32(13-3-1)52-53-43(31-44(54-52)39-19-11-23-50-51(39)40-18-6-9-22-48(40)57-50)35-14-10-15-36(28-35)55-45-20-7-4-16-37(45)41-29-33(24-26-46(41)55)34-25-27-49-42(30-34)38-17-5-8-21-47(38)56-49/h1-40H;1-31H. The minimum atomic E-state index is 0.654. The maximum Gasteiger partial charge on any atom is 0.160 e. The Morgan fingerprint density at radius 2 is 0.460 bits per heavy atom. The molecule has 0 spiro atoms. The predicted molar refractivity (Wildman–Crippen MR) is 518 cm³/mol. The molecule has 0 atom stereocenters. The van der Waals surface area contributed by atoms with Crippen LogP contribution in [0.15, 0.2) is 444 Å². The molecule has 0 bridgehead atoms. The lowest BCUT2D eigenvalue weighted by atomic mass is 10.0. The van der Waals surface area contributed by atoms with E-state index in [2.05, 4.69) is 359 Å². The van der Waals surface area contributed by atoms with E-state index in [1.807, 2.05) is 84.9 Å². The zero-order valence-electron chi connectivity index (χ0n) is 67.8. The fourth-order valence-corrected chi connectivity index (χ4v) is 19.1. The molecule has 588 valence electrons. The fraction of sp³-hybridized carbons (Fsp3) is 0. The summed E-state index contributed by atoms with van der Waals surface area (Å²) >= 11 is 0. The van der Waals surface area contributed by atoms with Gasteiger partial charge < -0.3 is 27.0 Å². The van der Waals surface area contributed by atoms with E-state index in [1.165, 1.54) is 65.6 Å². The minimum Gasteiger partial charge on any atom is -0.456 e. The van der Waals surface area contributed by atoms with Crippen molar-refractivity contribution >= 4 is 131 Å². The van der Waals surface area contributed by atoms with Crippen molar-refractivity contribution in [2.45, 2.75) is 0 Å². The molecule has 0 aliphatic rings. The molecule has 0 N–H and O–H groups in total. The van der Waals surface area contributed by atoms with Crippen LogP contribution >= 0.6 is 0 Å². The highest BCUT2D eigenvalue weighted by atomic mass is 16.3. The van der Waals surface area contributed by atoms with Gasteiger partial charge in [-0.15, -0.1) is 0 Å². The van der Waals surface area contributed by atoms with Gasteiger partial charge in [-0.3, -0.25) is 0 Å². The molecule has 18 aromatic carbocycles.